The molecule has 0 saturated carbocycles. The second kappa shape index (κ2) is 7.07. The number of fused-ring (bicyclic) bond motifs is 1. The van der Waals surface area contributed by atoms with E-state index >= 15 is 0 Å². The van der Waals surface area contributed by atoms with Crippen LogP contribution in [0.3, 0.4) is 0 Å². The van der Waals surface area contributed by atoms with Gasteiger partial charge < -0.3 is 9.15 Å². The molecule has 3 rings (SSSR count). The lowest BCUT2D eigenvalue weighted by Gasteiger charge is -2.05. The van der Waals surface area contributed by atoms with Gasteiger partial charge in [-0.1, -0.05) is 0 Å². The molecule has 0 saturated heterocycles. The van der Waals surface area contributed by atoms with E-state index in [1.165, 1.54) is 6.26 Å². The summed E-state index contributed by atoms with van der Waals surface area (Å²) >= 11 is 0. The molecule has 0 spiro atoms. The number of hydrogen-bond donors (Lipinski definition) is 0. The number of halogens is 2. The molecule has 134 valence electrons. The van der Waals surface area contributed by atoms with Crippen LogP contribution in [-0.2, 0) is 16.0 Å². The molecule has 0 atom stereocenters. The van der Waals surface area contributed by atoms with E-state index in [1.54, 1.807) is 0 Å². The third-order valence-corrected chi connectivity index (χ3v) is 4.21. The fourth-order valence-corrected chi connectivity index (χ4v) is 2.58. The monoisotopic (exact) mass is 358 g/mol. The molecule has 0 fully saturated rings. The highest BCUT2D eigenvalue weighted by atomic mass is 19.2. The first kappa shape index (κ1) is 17.8. The van der Waals surface area contributed by atoms with Crippen molar-refractivity contribution >= 4 is 22.7 Å². The van der Waals surface area contributed by atoms with E-state index in [4.69, 9.17) is 9.15 Å². The number of ether oxygens (including phenoxy) is 1. The second-order valence-corrected chi connectivity index (χ2v) is 6.08. The summed E-state index contributed by atoms with van der Waals surface area (Å²) in [5.41, 5.74) is 3.43. The first-order valence-corrected chi connectivity index (χ1v) is 7.96. The van der Waals surface area contributed by atoms with Gasteiger partial charge in [0.05, 0.1) is 12.7 Å². The summed E-state index contributed by atoms with van der Waals surface area (Å²) in [6.07, 6.45) is 1.43. The van der Waals surface area contributed by atoms with Crippen molar-refractivity contribution in [1.82, 2.24) is 0 Å². The van der Waals surface area contributed by atoms with E-state index in [9.17, 15) is 18.4 Å². The van der Waals surface area contributed by atoms with E-state index in [-0.39, 0.29) is 12.0 Å². The zero-order valence-electron chi connectivity index (χ0n) is 14.3. The first-order chi connectivity index (χ1) is 12.3. The minimum Gasteiger partial charge on any atom is -0.464 e. The summed E-state index contributed by atoms with van der Waals surface area (Å²) in [7, 11) is 0. The average Bonchev–Trinajstić information content (AvgIpc) is 2.97. The predicted octanol–water partition coefficient (Wildman–Crippen LogP) is 4.30. The molecule has 0 aliphatic rings. The van der Waals surface area contributed by atoms with E-state index < -0.39 is 30.0 Å². The van der Waals surface area contributed by atoms with Gasteiger partial charge in [0.15, 0.2) is 24.0 Å². The molecule has 6 heteroatoms. The summed E-state index contributed by atoms with van der Waals surface area (Å²) in [4.78, 5) is 23.9. The maximum absolute atomic E-state index is 13.2. The van der Waals surface area contributed by atoms with Crippen LogP contribution in [0.5, 0.6) is 0 Å². The first-order valence-electron chi connectivity index (χ1n) is 7.96. The molecule has 1 heterocycles. The number of benzene rings is 2. The molecule has 2 aromatic carbocycles. The zero-order chi connectivity index (χ0) is 18.8. The largest absolute Gasteiger partial charge is 0.464 e. The van der Waals surface area contributed by atoms with Crippen LogP contribution in [0.15, 0.2) is 41.0 Å². The smallest absolute Gasteiger partial charge is 0.310 e. The molecule has 0 aliphatic heterocycles. The highest BCUT2D eigenvalue weighted by Crippen LogP contribution is 2.25. The van der Waals surface area contributed by atoms with Crippen molar-refractivity contribution in [3.05, 3.63) is 70.5 Å². The van der Waals surface area contributed by atoms with Crippen molar-refractivity contribution in [3.63, 3.8) is 0 Å². The molecule has 3 aromatic rings. The van der Waals surface area contributed by atoms with Gasteiger partial charge >= 0.3 is 5.97 Å². The molecule has 0 unspecified atom stereocenters. The van der Waals surface area contributed by atoms with Crippen molar-refractivity contribution < 1.29 is 27.5 Å². The Morgan fingerprint density at radius 3 is 2.50 bits per heavy atom. The van der Waals surface area contributed by atoms with Crippen LogP contribution in [0, 0.1) is 25.5 Å². The molecule has 0 amide bonds. The van der Waals surface area contributed by atoms with E-state index in [0.717, 1.165) is 34.7 Å². The number of Topliss-reactive ketones (excluding diaryl/α,β-unsaturated/α-hetero) is 1. The van der Waals surface area contributed by atoms with Gasteiger partial charge in [-0.05, 0) is 55.3 Å². The van der Waals surface area contributed by atoms with Crippen molar-refractivity contribution in [3.8, 4) is 0 Å². The number of esters is 1. The molecular formula is C20H16F2O4. The Morgan fingerprint density at radius 1 is 1.04 bits per heavy atom. The van der Waals surface area contributed by atoms with Crippen molar-refractivity contribution in [2.45, 2.75) is 20.3 Å². The molecule has 0 N–H and O–H groups in total. The fourth-order valence-electron chi connectivity index (χ4n) is 2.58. The van der Waals surface area contributed by atoms with Gasteiger partial charge in [-0.15, -0.1) is 0 Å². The zero-order valence-corrected chi connectivity index (χ0v) is 14.3. The Balaban J connectivity index is 1.65. The van der Waals surface area contributed by atoms with Crippen LogP contribution in [0.4, 0.5) is 8.78 Å². The van der Waals surface area contributed by atoms with Crippen molar-refractivity contribution in [2.24, 2.45) is 0 Å². The van der Waals surface area contributed by atoms with Crippen LogP contribution < -0.4 is 0 Å². The summed E-state index contributed by atoms with van der Waals surface area (Å²) < 4.78 is 36.5. The number of ketones is 1. The highest BCUT2D eigenvalue weighted by molar-refractivity contribution is 5.98. The van der Waals surface area contributed by atoms with Gasteiger partial charge in [0.25, 0.3) is 0 Å². The molecule has 0 bridgehead atoms. The number of aryl methyl sites for hydroxylation is 2. The van der Waals surface area contributed by atoms with E-state index in [2.05, 4.69) is 0 Å². The standard InChI is InChI=1S/C20H16F2O4/c1-11-5-15-14(9-25-19(15)6-12(11)2)8-20(24)26-10-18(23)13-3-4-16(21)17(22)7-13/h3-7,9H,8,10H2,1-2H3. The van der Waals surface area contributed by atoms with Crippen LogP contribution in [-0.4, -0.2) is 18.4 Å². The minimum atomic E-state index is -1.13. The highest BCUT2D eigenvalue weighted by Gasteiger charge is 2.15. The Labute approximate surface area is 148 Å². The predicted molar refractivity (Wildman–Crippen MR) is 91.0 cm³/mol. The van der Waals surface area contributed by atoms with Crippen LogP contribution >= 0.6 is 0 Å². The average molecular weight is 358 g/mol. The number of furan rings is 1. The number of rotatable bonds is 5. The third-order valence-electron chi connectivity index (χ3n) is 4.21. The number of carbonyl (C=O) groups excluding carboxylic acids is 2. The summed E-state index contributed by atoms with van der Waals surface area (Å²) in [5, 5.41) is 0.817. The van der Waals surface area contributed by atoms with E-state index in [0.29, 0.717) is 11.1 Å². The van der Waals surface area contributed by atoms with Crippen molar-refractivity contribution in [2.75, 3.05) is 6.61 Å². The summed E-state index contributed by atoms with van der Waals surface area (Å²) in [6.45, 7) is 3.39. The SMILES string of the molecule is Cc1cc2occ(CC(=O)OCC(=O)c3ccc(F)c(F)c3)c2cc1C. The molecule has 4 nitrogen and oxygen atoms in total. The Kier molecular flexibility index (Phi) is 4.84. The molecule has 1 aromatic heterocycles. The third kappa shape index (κ3) is 3.64. The van der Waals surface area contributed by atoms with Gasteiger partial charge in [0.1, 0.15) is 5.58 Å². The lowest BCUT2D eigenvalue weighted by atomic mass is 10.0. The van der Waals surface area contributed by atoms with Gasteiger partial charge in [0, 0.05) is 16.5 Å². The molecule has 0 radical (unpaired) electrons. The minimum absolute atomic E-state index is 0.0550. The number of carbonyl (C=O) groups is 2. The molecular weight excluding hydrogens is 342 g/mol. The summed E-state index contributed by atoms with van der Waals surface area (Å²) in [5.74, 6) is -3.39. The van der Waals surface area contributed by atoms with Crippen molar-refractivity contribution in [1.29, 1.82) is 0 Å². The summed E-state index contributed by atoms with van der Waals surface area (Å²) in [6, 6.07) is 6.60. The quantitative estimate of drug-likeness (QED) is 0.504. The lowest BCUT2D eigenvalue weighted by molar-refractivity contribution is -0.141. The lowest BCUT2D eigenvalue weighted by Crippen LogP contribution is -2.15. The van der Waals surface area contributed by atoms with Crippen LogP contribution in [0.1, 0.15) is 27.0 Å². The molecule has 26 heavy (non-hydrogen) atoms. The number of hydrogen-bond acceptors (Lipinski definition) is 4. The van der Waals surface area contributed by atoms with E-state index in [1.807, 2.05) is 26.0 Å². The Hall–Kier alpha value is -3.02. The fraction of sp³-hybridized carbons (Fsp3) is 0.200. The van der Waals surface area contributed by atoms with Gasteiger partial charge in [0.2, 0.25) is 0 Å². The van der Waals surface area contributed by atoms with Gasteiger partial charge in [-0.2, -0.15) is 0 Å². The Morgan fingerprint density at radius 2 is 1.77 bits per heavy atom. The maximum Gasteiger partial charge on any atom is 0.310 e. The molecule has 0 aliphatic carbocycles. The second-order valence-electron chi connectivity index (χ2n) is 6.08. The normalized spacial score (nSPS) is 10.9. The van der Waals surface area contributed by atoms with Crippen LogP contribution in [0.2, 0.25) is 0 Å². The topological polar surface area (TPSA) is 56.5 Å². The van der Waals surface area contributed by atoms with Gasteiger partial charge in [-0.3, -0.25) is 9.59 Å². The Bertz CT molecular complexity index is 1000. The van der Waals surface area contributed by atoms with Crippen LogP contribution in [0.25, 0.3) is 11.0 Å². The van der Waals surface area contributed by atoms with Gasteiger partial charge in [-0.25, -0.2) is 8.78 Å². The maximum atomic E-state index is 13.2.